The summed E-state index contributed by atoms with van der Waals surface area (Å²) >= 11 is 0. The lowest BCUT2D eigenvalue weighted by molar-refractivity contribution is -0.120. The lowest BCUT2D eigenvalue weighted by Gasteiger charge is -2.09. The molecule has 0 aliphatic rings. The third kappa shape index (κ3) is 8.09. The van der Waals surface area contributed by atoms with Crippen LogP contribution in [0.2, 0.25) is 0 Å². The minimum atomic E-state index is -0.508. The third-order valence-electron chi connectivity index (χ3n) is 5.11. The second-order valence-electron chi connectivity index (χ2n) is 7.88. The van der Waals surface area contributed by atoms with Crippen molar-refractivity contribution in [2.75, 3.05) is 27.4 Å². The van der Waals surface area contributed by atoms with Gasteiger partial charge in [0.1, 0.15) is 11.5 Å². The number of nitrogens with zero attached hydrogens (tertiary/aromatic N) is 1. The van der Waals surface area contributed by atoms with E-state index in [-0.39, 0.29) is 6.54 Å². The molecule has 0 unspecified atom stereocenters. The molecule has 0 bridgehead atoms. The molecule has 2 N–H and O–H groups in total. The van der Waals surface area contributed by atoms with Gasteiger partial charge >= 0.3 is 5.97 Å². The summed E-state index contributed by atoms with van der Waals surface area (Å²) in [7, 11) is 2.96. The Labute approximate surface area is 220 Å². The molecule has 3 rings (SSSR count). The lowest BCUT2D eigenvalue weighted by atomic mass is 10.2. The molecule has 0 saturated carbocycles. The molecule has 198 valence electrons. The van der Waals surface area contributed by atoms with Gasteiger partial charge in [-0.25, -0.2) is 10.2 Å². The Morgan fingerprint density at radius 3 is 2.16 bits per heavy atom. The van der Waals surface area contributed by atoms with Crippen molar-refractivity contribution >= 4 is 24.0 Å². The molecule has 0 saturated heterocycles. The van der Waals surface area contributed by atoms with Crippen molar-refractivity contribution in [3.8, 4) is 23.0 Å². The maximum absolute atomic E-state index is 12.4. The molecule has 0 spiro atoms. The molecule has 0 fully saturated rings. The Kier molecular flexibility index (Phi) is 10.2. The van der Waals surface area contributed by atoms with Gasteiger partial charge in [0.05, 0.1) is 39.1 Å². The second-order valence-corrected chi connectivity index (χ2v) is 7.88. The number of carbonyl (C=O) groups is 3. The van der Waals surface area contributed by atoms with Crippen molar-refractivity contribution in [3.63, 3.8) is 0 Å². The molecule has 10 heteroatoms. The van der Waals surface area contributed by atoms with Gasteiger partial charge < -0.3 is 24.3 Å². The van der Waals surface area contributed by atoms with Gasteiger partial charge in [-0.1, -0.05) is 6.92 Å². The van der Waals surface area contributed by atoms with Gasteiger partial charge in [-0.15, -0.1) is 0 Å². The van der Waals surface area contributed by atoms with Crippen LogP contribution in [0.25, 0.3) is 0 Å². The summed E-state index contributed by atoms with van der Waals surface area (Å²) in [6.45, 7) is 2.36. The highest BCUT2D eigenvalue weighted by molar-refractivity contribution is 5.97. The number of benzene rings is 3. The van der Waals surface area contributed by atoms with Crippen molar-refractivity contribution in [2.45, 2.75) is 13.3 Å². The fraction of sp³-hybridized carbons (Fsp3) is 0.214. The smallest absolute Gasteiger partial charge is 0.343 e. The van der Waals surface area contributed by atoms with Crippen LogP contribution in [-0.4, -0.2) is 51.4 Å². The van der Waals surface area contributed by atoms with E-state index in [1.54, 1.807) is 60.7 Å². The third-order valence-corrected chi connectivity index (χ3v) is 5.11. The van der Waals surface area contributed by atoms with Crippen LogP contribution in [-0.2, 0) is 4.79 Å². The van der Waals surface area contributed by atoms with Gasteiger partial charge in [-0.2, -0.15) is 5.10 Å². The van der Waals surface area contributed by atoms with Crippen LogP contribution in [0.3, 0.4) is 0 Å². The lowest BCUT2D eigenvalue weighted by Crippen LogP contribution is -2.34. The Bertz CT molecular complexity index is 1270. The van der Waals surface area contributed by atoms with E-state index in [1.807, 2.05) is 6.92 Å². The van der Waals surface area contributed by atoms with Crippen LogP contribution in [0.1, 0.15) is 39.6 Å². The standard InChI is InChI=1S/C28H29N3O7/c1-4-15-37-22-12-7-20(8-13-22)28(34)38-23-10-5-19(6-11-23)17-30-31-26(32)18-29-27(33)21-9-14-24(35-2)25(16-21)36-3/h5-14,16-17H,4,15,18H2,1-3H3,(H,29,33)(H,31,32). The highest BCUT2D eigenvalue weighted by Gasteiger charge is 2.12. The predicted octanol–water partition coefficient (Wildman–Crippen LogP) is 3.59. The topological polar surface area (TPSA) is 125 Å². The van der Waals surface area contributed by atoms with Crippen molar-refractivity contribution < 1.29 is 33.3 Å². The Morgan fingerprint density at radius 1 is 0.842 bits per heavy atom. The largest absolute Gasteiger partial charge is 0.494 e. The minimum absolute atomic E-state index is 0.273. The van der Waals surface area contributed by atoms with Gasteiger partial charge in [0.15, 0.2) is 11.5 Å². The van der Waals surface area contributed by atoms with Gasteiger partial charge in [0, 0.05) is 5.56 Å². The van der Waals surface area contributed by atoms with E-state index in [2.05, 4.69) is 15.8 Å². The summed E-state index contributed by atoms with van der Waals surface area (Å²) in [5.74, 6) is 0.505. The molecule has 10 nitrogen and oxygen atoms in total. The first-order chi connectivity index (χ1) is 18.4. The van der Waals surface area contributed by atoms with E-state index in [1.165, 1.54) is 26.5 Å². The molecule has 38 heavy (non-hydrogen) atoms. The molecular formula is C28H29N3O7. The number of hydrogen-bond donors (Lipinski definition) is 2. The summed E-state index contributed by atoms with van der Waals surface area (Å²) in [4.78, 5) is 36.7. The molecule has 2 amide bonds. The van der Waals surface area contributed by atoms with E-state index >= 15 is 0 Å². The van der Waals surface area contributed by atoms with Crippen molar-refractivity contribution in [1.29, 1.82) is 0 Å². The van der Waals surface area contributed by atoms with E-state index in [4.69, 9.17) is 18.9 Å². The Morgan fingerprint density at radius 2 is 1.50 bits per heavy atom. The van der Waals surface area contributed by atoms with Crippen LogP contribution < -0.4 is 29.7 Å². The van der Waals surface area contributed by atoms with Crippen LogP contribution in [0.5, 0.6) is 23.0 Å². The highest BCUT2D eigenvalue weighted by atomic mass is 16.5. The van der Waals surface area contributed by atoms with Crippen molar-refractivity contribution in [2.24, 2.45) is 5.10 Å². The number of hydrazone groups is 1. The van der Waals surface area contributed by atoms with Crippen LogP contribution in [0, 0.1) is 0 Å². The van der Waals surface area contributed by atoms with Gasteiger partial charge in [0.25, 0.3) is 11.8 Å². The number of carbonyl (C=O) groups excluding carboxylic acids is 3. The number of esters is 1. The minimum Gasteiger partial charge on any atom is -0.494 e. The molecule has 0 aromatic heterocycles. The number of nitrogens with one attached hydrogen (secondary N) is 2. The fourth-order valence-corrected chi connectivity index (χ4v) is 3.15. The van der Waals surface area contributed by atoms with Gasteiger partial charge in [0.2, 0.25) is 0 Å². The molecule has 0 atom stereocenters. The molecule has 0 aliphatic carbocycles. The number of ether oxygens (including phenoxy) is 4. The Balaban J connectivity index is 1.44. The molecule has 3 aromatic rings. The molecular weight excluding hydrogens is 490 g/mol. The Hall–Kier alpha value is -4.86. The summed E-state index contributed by atoms with van der Waals surface area (Å²) in [5, 5.41) is 6.39. The monoisotopic (exact) mass is 519 g/mol. The summed E-state index contributed by atoms with van der Waals surface area (Å²) in [6, 6.07) is 18.0. The normalized spacial score (nSPS) is 10.5. The van der Waals surface area contributed by atoms with E-state index < -0.39 is 17.8 Å². The first kappa shape index (κ1) is 27.7. The average molecular weight is 520 g/mol. The summed E-state index contributed by atoms with van der Waals surface area (Å²) in [5.41, 5.74) is 3.72. The predicted molar refractivity (Wildman–Crippen MR) is 141 cm³/mol. The van der Waals surface area contributed by atoms with Crippen LogP contribution >= 0.6 is 0 Å². The van der Waals surface area contributed by atoms with E-state index in [0.717, 1.165) is 6.42 Å². The summed E-state index contributed by atoms with van der Waals surface area (Å²) in [6.07, 6.45) is 2.32. The second kappa shape index (κ2) is 14.0. The van der Waals surface area contributed by atoms with E-state index in [0.29, 0.717) is 46.3 Å². The quantitative estimate of drug-likeness (QED) is 0.162. The summed E-state index contributed by atoms with van der Waals surface area (Å²) < 4.78 is 21.2. The molecule has 3 aromatic carbocycles. The SMILES string of the molecule is CCCOc1ccc(C(=O)Oc2ccc(C=NNC(=O)CNC(=O)c3ccc(OC)c(OC)c3)cc2)cc1. The molecule has 0 heterocycles. The zero-order chi connectivity index (χ0) is 27.3. The maximum atomic E-state index is 12.4. The van der Waals surface area contributed by atoms with Gasteiger partial charge in [-0.05, 0) is 78.7 Å². The fourth-order valence-electron chi connectivity index (χ4n) is 3.15. The number of amides is 2. The van der Waals surface area contributed by atoms with Gasteiger partial charge in [-0.3, -0.25) is 9.59 Å². The number of hydrogen-bond acceptors (Lipinski definition) is 8. The zero-order valence-corrected chi connectivity index (χ0v) is 21.4. The van der Waals surface area contributed by atoms with Crippen LogP contribution in [0.15, 0.2) is 71.8 Å². The van der Waals surface area contributed by atoms with Crippen molar-refractivity contribution in [1.82, 2.24) is 10.7 Å². The molecule has 0 radical (unpaired) electrons. The van der Waals surface area contributed by atoms with Crippen LogP contribution in [0.4, 0.5) is 0 Å². The number of methoxy groups -OCH3 is 2. The first-order valence-electron chi connectivity index (χ1n) is 11.8. The van der Waals surface area contributed by atoms with E-state index in [9.17, 15) is 14.4 Å². The molecule has 0 aliphatic heterocycles. The average Bonchev–Trinajstić information content (AvgIpc) is 2.95. The zero-order valence-electron chi connectivity index (χ0n) is 21.4. The first-order valence-corrected chi connectivity index (χ1v) is 11.8. The van der Waals surface area contributed by atoms with Crippen molar-refractivity contribution in [3.05, 3.63) is 83.4 Å². The highest BCUT2D eigenvalue weighted by Crippen LogP contribution is 2.27. The number of rotatable bonds is 12. The maximum Gasteiger partial charge on any atom is 0.343 e.